The third-order valence-electron chi connectivity index (χ3n) is 3.59. The van der Waals surface area contributed by atoms with Crippen molar-refractivity contribution in [1.82, 2.24) is 25.0 Å². The molecule has 0 bridgehead atoms. The minimum absolute atomic E-state index is 0.279. The second-order valence-corrected chi connectivity index (χ2v) is 5.80. The third-order valence-corrected chi connectivity index (χ3v) is 3.90. The van der Waals surface area contributed by atoms with Crippen LogP contribution in [0, 0.1) is 0 Å². The topological polar surface area (TPSA) is 121 Å². The lowest BCUT2D eigenvalue weighted by Gasteiger charge is -2.15. The molecule has 9 nitrogen and oxygen atoms in total. The molecule has 0 saturated carbocycles. The Morgan fingerprint density at radius 1 is 1.35 bits per heavy atom. The van der Waals surface area contributed by atoms with Crippen LogP contribution in [-0.4, -0.2) is 31.1 Å². The van der Waals surface area contributed by atoms with Crippen LogP contribution in [0.1, 0.15) is 18.6 Å². The molecule has 1 amide bonds. The van der Waals surface area contributed by atoms with E-state index in [1.54, 1.807) is 44.4 Å². The lowest BCUT2D eigenvalue weighted by Crippen LogP contribution is -2.18. The summed E-state index contributed by atoms with van der Waals surface area (Å²) in [4.78, 5) is 20.4. The van der Waals surface area contributed by atoms with E-state index < -0.39 is 12.2 Å². The highest BCUT2D eigenvalue weighted by Gasteiger charge is 2.20. The van der Waals surface area contributed by atoms with Gasteiger partial charge in [0, 0.05) is 18.8 Å². The minimum atomic E-state index is -0.681. The van der Waals surface area contributed by atoms with Crippen LogP contribution >= 0.6 is 11.6 Å². The number of ether oxygens (including phenoxy) is 1. The standard InChI is InChI=1S/C16H16ClN7O2/c1-9(11-4-3-7-19-14(11)17)26-16(25)21-15-13(22-23-24(15)2)12-6-5-10(18)8-20-12/h3-9H,18H2,1-2H3,(H,21,25)/t9-/m1/s1. The van der Waals surface area contributed by atoms with Crippen molar-refractivity contribution in [3.8, 4) is 11.4 Å². The Kier molecular flexibility index (Phi) is 4.99. The van der Waals surface area contributed by atoms with E-state index in [4.69, 9.17) is 22.1 Å². The van der Waals surface area contributed by atoms with Crippen molar-refractivity contribution in [3.63, 3.8) is 0 Å². The SMILES string of the molecule is C[C@@H](OC(=O)Nc1c(-c2ccc(N)cn2)nnn1C)c1cccnc1Cl. The molecule has 0 spiro atoms. The number of hydrogen-bond acceptors (Lipinski definition) is 7. The summed E-state index contributed by atoms with van der Waals surface area (Å²) in [7, 11) is 1.64. The number of halogens is 1. The Morgan fingerprint density at radius 2 is 2.15 bits per heavy atom. The molecule has 0 aliphatic heterocycles. The first-order valence-corrected chi connectivity index (χ1v) is 8.03. The third kappa shape index (κ3) is 3.72. The summed E-state index contributed by atoms with van der Waals surface area (Å²) < 4.78 is 6.78. The van der Waals surface area contributed by atoms with E-state index >= 15 is 0 Å². The zero-order chi connectivity index (χ0) is 18.7. The summed E-state index contributed by atoms with van der Waals surface area (Å²) in [5.41, 5.74) is 7.69. The second-order valence-electron chi connectivity index (χ2n) is 5.44. The predicted molar refractivity (Wildman–Crippen MR) is 96.4 cm³/mol. The van der Waals surface area contributed by atoms with Gasteiger partial charge in [0.2, 0.25) is 0 Å². The first-order valence-electron chi connectivity index (χ1n) is 7.65. The first kappa shape index (κ1) is 17.6. The highest BCUT2D eigenvalue weighted by atomic mass is 35.5. The van der Waals surface area contributed by atoms with E-state index in [0.29, 0.717) is 28.5 Å². The molecule has 3 aromatic rings. The highest BCUT2D eigenvalue weighted by molar-refractivity contribution is 6.30. The number of hydrogen-bond donors (Lipinski definition) is 2. The van der Waals surface area contributed by atoms with Gasteiger partial charge in [0.15, 0.2) is 11.5 Å². The van der Waals surface area contributed by atoms with E-state index in [0.717, 1.165) is 0 Å². The number of carbonyl (C=O) groups is 1. The van der Waals surface area contributed by atoms with Gasteiger partial charge in [-0.05, 0) is 25.1 Å². The lowest BCUT2D eigenvalue weighted by atomic mass is 10.2. The Labute approximate surface area is 154 Å². The number of rotatable bonds is 4. The van der Waals surface area contributed by atoms with Crippen LogP contribution in [0.2, 0.25) is 5.15 Å². The highest BCUT2D eigenvalue weighted by Crippen LogP contribution is 2.26. The van der Waals surface area contributed by atoms with Crippen molar-refractivity contribution in [2.24, 2.45) is 7.05 Å². The number of carbonyl (C=O) groups excluding carboxylic acids is 1. The zero-order valence-corrected chi connectivity index (χ0v) is 14.8. The minimum Gasteiger partial charge on any atom is -0.441 e. The van der Waals surface area contributed by atoms with Crippen molar-refractivity contribution in [3.05, 3.63) is 47.4 Å². The monoisotopic (exact) mass is 373 g/mol. The van der Waals surface area contributed by atoms with Gasteiger partial charge >= 0.3 is 6.09 Å². The maximum atomic E-state index is 12.3. The Morgan fingerprint density at radius 3 is 2.85 bits per heavy atom. The molecule has 26 heavy (non-hydrogen) atoms. The zero-order valence-electron chi connectivity index (χ0n) is 14.0. The summed E-state index contributed by atoms with van der Waals surface area (Å²) in [6.07, 6.45) is 1.79. The van der Waals surface area contributed by atoms with Crippen LogP contribution in [0.15, 0.2) is 36.7 Å². The van der Waals surface area contributed by atoms with Gasteiger partial charge in [-0.25, -0.2) is 14.5 Å². The van der Waals surface area contributed by atoms with Crippen molar-refractivity contribution < 1.29 is 9.53 Å². The van der Waals surface area contributed by atoms with E-state index in [1.165, 1.54) is 10.9 Å². The molecule has 0 radical (unpaired) electrons. The molecule has 0 aromatic carbocycles. The number of nitrogen functional groups attached to an aromatic ring is 1. The molecule has 134 valence electrons. The molecule has 0 aliphatic carbocycles. The van der Waals surface area contributed by atoms with Crippen LogP contribution in [-0.2, 0) is 11.8 Å². The van der Waals surface area contributed by atoms with E-state index in [2.05, 4.69) is 25.6 Å². The van der Waals surface area contributed by atoms with Crippen LogP contribution in [0.25, 0.3) is 11.4 Å². The maximum Gasteiger partial charge on any atom is 0.413 e. The molecule has 3 aromatic heterocycles. The van der Waals surface area contributed by atoms with Gasteiger partial charge in [0.05, 0.1) is 17.6 Å². The number of pyridine rings is 2. The molecule has 10 heteroatoms. The normalized spacial score (nSPS) is 11.8. The molecule has 1 atom stereocenters. The van der Waals surface area contributed by atoms with Crippen LogP contribution < -0.4 is 11.1 Å². The molecular formula is C16H16ClN7O2. The van der Waals surface area contributed by atoms with E-state index in [1.807, 2.05) is 0 Å². The number of aromatic nitrogens is 5. The van der Waals surface area contributed by atoms with Gasteiger partial charge in [-0.3, -0.25) is 10.3 Å². The van der Waals surface area contributed by atoms with Gasteiger partial charge in [0.1, 0.15) is 11.3 Å². The quantitative estimate of drug-likeness (QED) is 0.674. The van der Waals surface area contributed by atoms with Crippen molar-refractivity contribution in [2.75, 3.05) is 11.1 Å². The van der Waals surface area contributed by atoms with Crippen LogP contribution in [0.3, 0.4) is 0 Å². The number of anilines is 2. The average Bonchev–Trinajstić information content (AvgIpc) is 2.96. The summed E-state index contributed by atoms with van der Waals surface area (Å²) in [6.45, 7) is 1.70. The number of nitrogens with two attached hydrogens (primary N) is 1. The van der Waals surface area contributed by atoms with E-state index in [9.17, 15) is 4.79 Å². The van der Waals surface area contributed by atoms with Gasteiger partial charge in [-0.2, -0.15) is 0 Å². The smallest absolute Gasteiger partial charge is 0.413 e. The van der Waals surface area contributed by atoms with Crippen molar-refractivity contribution in [2.45, 2.75) is 13.0 Å². The summed E-state index contributed by atoms with van der Waals surface area (Å²) >= 11 is 6.02. The molecule has 0 fully saturated rings. The summed E-state index contributed by atoms with van der Waals surface area (Å²) in [5.74, 6) is 0.344. The number of amides is 1. The first-order chi connectivity index (χ1) is 12.5. The molecule has 3 N–H and O–H groups in total. The molecule has 0 unspecified atom stereocenters. The van der Waals surface area contributed by atoms with Gasteiger partial charge in [-0.1, -0.05) is 22.9 Å². The second kappa shape index (κ2) is 7.36. The summed E-state index contributed by atoms with van der Waals surface area (Å²) in [5, 5.41) is 10.9. The fourth-order valence-corrected chi connectivity index (χ4v) is 2.54. The average molecular weight is 374 g/mol. The molecular weight excluding hydrogens is 358 g/mol. The lowest BCUT2D eigenvalue weighted by molar-refractivity contribution is 0.121. The molecule has 3 rings (SSSR count). The Hall–Kier alpha value is -3.20. The van der Waals surface area contributed by atoms with Crippen molar-refractivity contribution >= 4 is 29.2 Å². The van der Waals surface area contributed by atoms with Gasteiger partial charge < -0.3 is 10.5 Å². The molecule has 3 heterocycles. The number of nitrogens with zero attached hydrogens (tertiary/aromatic N) is 5. The fraction of sp³-hybridized carbons (Fsp3) is 0.188. The van der Waals surface area contributed by atoms with Gasteiger partial charge in [0.25, 0.3) is 0 Å². The van der Waals surface area contributed by atoms with Crippen LogP contribution in [0.4, 0.5) is 16.3 Å². The number of aryl methyl sites for hydroxylation is 1. The maximum absolute atomic E-state index is 12.3. The Balaban J connectivity index is 1.77. The Bertz CT molecular complexity index is 927. The predicted octanol–water partition coefficient (Wildman–Crippen LogP) is 2.82. The largest absolute Gasteiger partial charge is 0.441 e. The molecule has 0 aliphatic rings. The number of nitrogens with one attached hydrogen (secondary N) is 1. The summed E-state index contributed by atoms with van der Waals surface area (Å²) in [6, 6.07) is 6.83. The van der Waals surface area contributed by atoms with E-state index in [-0.39, 0.29) is 5.15 Å². The van der Waals surface area contributed by atoms with Gasteiger partial charge in [-0.15, -0.1) is 5.10 Å². The molecule has 0 saturated heterocycles. The van der Waals surface area contributed by atoms with Crippen molar-refractivity contribution in [1.29, 1.82) is 0 Å². The van der Waals surface area contributed by atoms with Crippen LogP contribution in [0.5, 0.6) is 0 Å². The fourth-order valence-electron chi connectivity index (χ4n) is 2.27.